The molecule has 0 aliphatic carbocycles. The summed E-state index contributed by atoms with van der Waals surface area (Å²) in [5.41, 5.74) is 3.48. The van der Waals surface area contributed by atoms with E-state index < -0.39 is 35.3 Å². The van der Waals surface area contributed by atoms with Crippen LogP contribution in [-0.2, 0) is 20.9 Å². The van der Waals surface area contributed by atoms with Crippen molar-refractivity contribution in [1.82, 2.24) is 25.1 Å². The number of benzene rings is 3. The summed E-state index contributed by atoms with van der Waals surface area (Å²) < 4.78 is 7.75. The van der Waals surface area contributed by atoms with Crippen LogP contribution in [0.2, 0.25) is 0 Å². The Kier molecular flexibility index (Phi) is 7.97. The molecule has 0 saturated carbocycles. The highest BCUT2D eigenvalue weighted by Crippen LogP contribution is 2.24. The number of nitrogens with zero attached hydrogens (tertiary/aromatic N) is 4. The Bertz CT molecular complexity index is 1760. The van der Waals surface area contributed by atoms with Gasteiger partial charge in [0.25, 0.3) is 17.1 Å². The lowest BCUT2D eigenvalue weighted by molar-refractivity contribution is -0.129. The Labute approximate surface area is 236 Å². The van der Waals surface area contributed by atoms with Crippen molar-refractivity contribution in [2.75, 3.05) is 0 Å². The van der Waals surface area contributed by atoms with Gasteiger partial charge >= 0.3 is 11.7 Å². The van der Waals surface area contributed by atoms with Crippen molar-refractivity contribution in [3.05, 3.63) is 112 Å². The van der Waals surface area contributed by atoms with Crippen molar-refractivity contribution < 1.29 is 23.9 Å². The Balaban J connectivity index is 1.29. The topological polar surface area (TPSA) is 154 Å². The molecule has 1 aliphatic heterocycles. The second-order valence-corrected chi connectivity index (χ2v) is 9.42. The first-order valence-electron chi connectivity index (χ1n) is 12.1. The van der Waals surface area contributed by atoms with E-state index in [0.29, 0.717) is 34.4 Å². The fourth-order valence-electron chi connectivity index (χ4n) is 3.79. The molecule has 0 radical (unpaired) electrons. The van der Waals surface area contributed by atoms with E-state index in [2.05, 4.69) is 15.6 Å². The number of thioether (sulfide) groups is 1. The summed E-state index contributed by atoms with van der Waals surface area (Å²) in [4.78, 5) is 61.0. The predicted octanol–water partition coefficient (Wildman–Crippen LogP) is 2.62. The molecule has 13 heteroatoms. The first-order chi connectivity index (χ1) is 19.9. The maximum Gasteiger partial charge on any atom is 0.351 e. The van der Waals surface area contributed by atoms with Crippen molar-refractivity contribution in [3.63, 3.8) is 0 Å². The molecule has 1 aromatic heterocycles. The normalized spacial score (nSPS) is 13.9. The summed E-state index contributed by atoms with van der Waals surface area (Å²) in [6.07, 6.45) is 2.17. The van der Waals surface area contributed by atoms with Gasteiger partial charge in [-0.05, 0) is 36.0 Å². The smallest absolute Gasteiger partial charge is 0.351 e. The second-order valence-electron chi connectivity index (χ2n) is 8.41. The molecule has 0 bridgehead atoms. The number of hydrogen-bond acceptors (Lipinski definition) is 9. The van der Waals surface area contributed by atoms with Gasteiger partial charge in [0, 0.05) is 17.2 Å². The lowest BCUT2D eigenvalue weighted by Crippen LogP contribution is -2.31. The molecule has 2 heterocycles. The maximum absolute atomic E-state index is 13.3. The monoisotopic (exact) mass is 568 g/mol. The molecule has 0 spiro atoms. The zero-order valence-corrected chi connectivity index (χ0v) is 21.9. The molecule has 1 aliphatic rings. The number of ether oxygens (including phenoxy) is 1. The predicted molar refractivity (Wildman–Crippen MR) is 150 cm³/mol. The van der Waals surface area contributed by atoms with Crippen molar-refractivity contribution >= 4 is 41.0 Å². The zero-order chi connectivity index (χ0) is 28.8. The van der Waals surface area contributed by atoms with Gasteiger partial charge in [0.2, 0.25) is 0 Å². The molecule has 12 nitrogen and oxygen atoms in total. The summed E-state index contributed by atoms with van der Waals surface area (Å²) in [5, 5.41) is 9.78. The van der Waals surface area contributed by atoms with Crippen molar-refractivity contribution in [2.24, 2.45) is 5.10 Å². The molecule has 0 unspecified atom stereocenters. The SMILES string of the molecule is O=C(Cn1nc(-c2ccccc2)n(-c2ccccc2)c1=O)N/N=C/c1ccccc1OC(=O)/C=C1\SC(=O)NC1=O. The average Bonchev–Trinajstić information content (AvgIpc) is 3.47. The highest BCUT2D eigenvalue weighted by atomic mass is 32.2. The molecule has 204 valence electrons. The molecule has 3 amide bonds. The molecule has 3 aromatic carbocycles. The van der Waals surface area contributed by atoms with E-state index in [1.807, 2.05) is 41.7 Å². The third kappa shape index (κ3) is 6.37. The molecule has 2 N–H and O–H groups in total. The minimum atomic E-state index is -0.871. The van der Waals surface area contributed by atoms with Gasteiger partial charge in [0.1, 0.15) is 12.3 Å². The average molecular weight is 569 g/mol. The van der Waals surface area contributed by atoms with Crippen LogP contribution in [0.25, 0.3) is 17.1 Å². The Morgan fingerprint density at radius 3 is 2.34 bits per heavy atom. The molecule has 4 aromatic rings. The van der Waals surface area contributed by atoms with Crippen LogP contribution in [0.15, 0.2) is 106 Å². The number of carbonyl (C=O) groups excluding carboxylic acids is 4. The number of nitrogens with one attached hydrogen (secondary N) is 2. The van der Waals surface area contributed by atoms with Gasteiger partial charge < -0.3 is 4.74 Å². The highest BCUT2D eigenvalue weighted by molar-refractivity contribution is 8.18. The number of esters is 1. The van der Waals surface area contributed by atoms with Crippen LogP contribution in [0.5, 0.6) is 5.75 Å². The van der Waals surface area contributed by atoms with Crippen molar-refractivity contribution in [3.8, 4) is 22.8 Å². The number of carbonyl (C=O) groups is 4. The number of aromatic nitrogens is 3. The fourth-order valence-corrected chi connectivity index (χ4v) is 4.43. The fraction of sp³-hybridized carbons (Fsp3) is 0.0357. The van der Waals surface area contributed by atoms with Crippen LogP contribution in [0, 0.1) is 0 Å². The van der Waals surface area contributed by atoms with Gasteiger partial charge in [-0.15, -0.1) is 5.10 Å². The number of amides is 3. The molecular formula is C28H20N6O6S. The van der Waals surface area contributed by atoms with Crippen LogP contribution in [0.1, 0.15) is 5.56 Å². The van der Waals surface area contributed by atoms with Gasteiger partial charge in [-0.1, -0.05) is 60.7 Å². The Morgan fingerprint density at radius 2 is 1.63 bits per heavy atom. The highest BCUT2D eigenvalue weighted by Gasteiger charge is 2.26. The lowest BCUT2D eigenvalue weighted by atomic mass is 10.2. The molecular weight excluding hydrogens is 548 g/mol. The third-order valence-electron chi connectivity index (χ3n) is 5.59. The Hall–Kier alpha value is -5.56. The van der Waals surface area contributed by atoms with Gasteiger partial charge in [-0.25, -0.2) is 24.3 Å². The molecule has 1 fully saturated rings. The molecule has 5 rings (SSSR count). The summed E-state index contributed by atoms with van der Waals surface area (Å²) in [5.74, 6) is -1.69. The summed E-state index contributed by atoms with van der Waals surface area (Å²) in [7, 11) is 0. The molecule has 0 atom stereocenters. The third-order valence-corrected chi connectivity index (χ3v) is 6.40. The van der Waals surface area contributed by atoms with E-state index in [0.717, 1.165) is 10.8 Å². The summed E-state index contributed by atoms with van der Waals surface area (Å²) in [6, 6.07) is 24.5. The minimum Gasteiger partial charge on any atom is -0.423 e. The number of hydrazone groups is 1. The van der Waals surface area contributed by atoms with Crippen LogP contribution < -0.4 is 21.2 Å². The van der Waals surface area contributed by atoms with E-state index in [1.165, 1.54) is 16.8 Å². The van der Waals surface area contributed by atoms with Crippen molar-refractivity contribution in [1.29, 1.82) is 0 Å². The van der Waals surface area contributed by atoms with E-state index in [1.54, 1.807) is 42.5 Å². The molecule has 41 heavy (non-hydrogen) atoms. The number of para-hydroxylation sites is 2. The van der Waals surface area contributed by atoms with Gasteiger partial charge in [0.15, 0.2) is 5.82 Å². The van der Waals surface area contributed by atoms with Crippen LogP contribution in [0.3, 0.4) is 0 Å². The summed E-state index contributed by atoms with van der Waals surface area (Å²) >= 11 is 0.591. The Morgan fingerprint density at radius 1 is 0.951 bits per heavy atom. The van der Waals surface area contributed by atoms with Crippen LogP contribution >= 0.6 is 11.8 Å². The van der Waals surface area contributed by atoms with Crippen LogP contribution in [0.4, 0.5) is 4.79 Å². The lowest BCUT2D eigenvalue weighted by Gasteiger charge is -2.05. The van der Waals surface area contributed by atoms with Crippen molar-refractivity contribution in [2.45, 2.75) is 6.54 Å². The first kappa shape index (κ1) is 27.0. The van der Waals surface area contributed by atoms with E-state index in [-0.39, 0.29) is 10.7 Å². The quantitative estimate of drug-likeness (QED) is 0.108. The van der Waals surface area contributed by atoms with Gasteiger partial charge in [-0.2, -0.15) is 5.10 Å². The van der Waals surface area contributed by atoms with Gasteiger partial charge in [0.05, 0.1) is 16.8 Å². The largest absolute Gasteiger partial charge is 0.423 e. The number of rotatable bonds is 8. The maximum atomic E-state index is 13.3. The number of imide groups is 1. The first-order valence-corrected chi connectivity index (χ1v) is 12.9. The van der Waals surface area contributed by atoms with Crippen LogP contribution in [-0.4, -0.2) is 43.6 Å². The summed E-state index contributed by atoms with van der Waals surface area (Å²) in [6.45, 7) is -0.404. The van der Waals surface area contributed by atoms with E-state index in [9.17, 15) is 24.0 Å². The second kappa shape index (κ2) is 12.1. The standard InChI is InChI=1S/C28H20N6O6S/c35-23(17-33-28(39)34(20-12-5-2-6-13-20)25(32-33)18-9-3-1-4-10-18)31-29-16-19-11-7-8-14-21(19)40-24(36)15-22-26(37)30-27(38)41-22/h1-16H,17H2,(H,31,35)(H,30,37,38)/b22-15-,29-16+. The molecule has 1 saturated heterocycles. The van der Waals surface area contributed by atoms with E-state index >= 15 is 0 Å². The minimum absolute atomic E-state index is 0.0845. The number of hydrogen-bond donors (Lipinski definition) is 2. The van der Waals surface area contributed by atoms with E-state index in [4.69, 9.17) is 4.74 Å². The van der Waals surface area contributed by atoms with Gasteiger partial charge in [-0.3, -0.25) is 19.7 Å². The zero-order valence-electron chi connectivity index (χ0n) is 21.1.